The lowest BCUT2D eigenvalue weighted by Crippen LogP contribution is -2.57. The number of nitrogens with zero attached hydrogens (tertiary/aromatic N) is 2. The van der Waals surface area contributed by atoms with E-state index in [1.165, 1.54) is 0 Å². The van der Waals surface area contributed by atoms with Gasteiger partial charge < -0.3 is 10.0 Å². The van der Waals surface area contributed by atoms with Crippen LogP contribution in [0.1, 0.15) is 18.4 Å². The molecule has 5 rings (SSSR count). The highest BCUT2D eigenvalue weighted by atomic mass is 16.3. The maximum Gasteiger partial charge on any atom is 0.107 e. The van der Waals surface area contributed by atoms with Crippen LogP contribution < -0.4 is 0 Å². The van der Waals surface area contributed by atoms with Crippen LogP contribution in [0.3, 0.4) is 0 Å². The maximum absolute atomic E-state index is 11.1. The summed E-state index contributed by atoms with van der Waals surface area (Å²) < 4.78 is 0. The van der Waals surface area contributed by atoms with Gasteiger partial charge in [0.05, 0.1) is 5.69 Å². The maximum atomic E-state index is 11.1. The van der Waals surface area contributed by atoms with Crippen LogP contribution in [0.4, 0.5) is 0 Å². The second kappa shape index (κ2) is 4.93. The van der Waals surface area contributed by atoms with E-state index in [1.807, 2.05) is 30.5 Å². The van der Waals surface area contributed by atoms with Crippen LogP contribution in [0, 0.1) is 5.92 Å². The Morgan fingerprint density at radius 3 is 2.38 bits per heavy atom. The van der Waals surface area contributed by atoms with Gasteiger partial charge in [0.1, 0.15) is 5.60 Å². The summed E-state index contributed by atoms with van der Waals surface area (Å²) in [5, 5.41) is 11.1. The summed E-state index contributed by atoms with van der Waals surface area (Å²) in [5.41, 5.74) is 2.34. The zero-order valence-corrected chi connectivity index (χ0v) is 12.1. The molecule has 1 N–H and O–H groups in total. The van der Waals surface area contributed by atoms with Gasteiger partial charge in [0.25, 0.3) is 0 Å². The lowest BCUT2D eigenvalue weighted by Gasteiger charge is -2.50. The fourth-order valence-electron chi connectivity index (χ4n) is 3.80. The third kappa shape index (κ3) is 2.17. The van der Waals surface area contributed by atoms with Crippen LogP contribution in [0.15, 0.2) is 48.7 Å². The Morgan fingerprint density at radius 2 is 1.81 bits per heavy atom. The Hall–Kier alpha value is -1.71. The smallest absolute Gasteiger partial charge is 0.107 e. The van der Waals surface area contributed by atoms with Gasteiger partial charge in [0, 0.05) is 23.9 Å². The van der Waals surface area contributed by atoms with E-state index in [4.69, 9.17) is 0 Å². The van der Waals surface area contributed by atoms with Gasteiger partial charge in [0.15, 0.2) is 0 Å². The van der Waals surface area contributed by atoms with E-state index in [0.717, 1.165) is 49.3 Å². The van der Waals surface area contributed by atoms with Gasteiger partial charge in [-0.05, 0) is 37.9 Å². The number of fused-ring (bicyclic) bond motifs is 3. The molecule has 3 heteroatoms. The van der Waals surface area contributed by atoms with Crippen LogP contribution in [-0.2, 0) is 5.60 Å². The topological polar surface area (TPSA) is 36.4 Å². The molecule has 108 valence electrons. The molecular formula is C18H20N2O. The van der Waals surface area contributed by atoms with Crippen molar-refractivity contribution in [3.8, 4) is 11.3 Å². The number of benzene rings is 1. The minimum absolute atomic E-state index is 0.381. The highest BCUT2D eigenvalue weighted by Crippen LogP contribution is 2.42. The zero-order valence-electron chi connectivity index (χ0n) is 12.1. The predicted octanol–water partition coefficient (Wildman–Crippen LogP) is 2.66. The summed E-state index contributed by atoms with van der Waals surface area (Å²) in [6.45, 7) is 3.01. The van der Waals surface area contributed by atoms with E-state index in [9.17, 15) is 5.11 Å². The van der Waals surface area contributed by atoms with Gasteiger partial charge in [-0.15, -0.1) is 0 Å². The summed E-state index contributed by atoms with van der Waals surface area (Å²) in [6, 6.07) is 14.2. The fraction of sp³-hybridized carbons (Fsp3) is 0.389. The molecule has 0 spiro atoms. The van der Waals surface area contributed by atoms with Gasteiger partial charge in [0.2, 0.25) is 0 Å². The lowest BCUT2D eigenvalue weighted by molar-refractivity contribution is -0.118. The molecule has 1 unspecified atom stereocenters. The van der Waals surface area contributed by atoms with Crippen molar-refractivity contribution < 1.29 is 5.11 Å². The third-order valence-corrected chi connectivity index (χ3v) is 5.06. The molecule has 1 atom stereocenters. The first-order chi connectivity index (χ1) is 10.3. The van der Waals surface area contributed by atoms with Crippen molar-refractivity contribution in [3.05, 3.63) is 54.2 Å². The SMILES string of the molecule is OC1(c2ccc(-c3ccccc3)nc2)CN2CCC1CC2. The predicted molar refractivity (Wildman–Crippen MR) is 82.7 cm³/mol. The van der Waals surface area contributed by atoms with Crippen molar-refractivity contribution >= 4 is 0 Å². The minimum Gasteiger partial charge on any atom is -0.383 e. The van der Waals surface area contributed by atoms with Crippen molar-refractivity contribution in [2.45, 2.75) is 18.4 Å². The molecule has 0 radical (unpaired) electrons. The second-order valence-corrected chi connectivity index (χ2v) is 6.27. The van der Waals surface area contributed by atoms with Crippen LogP contribution in [0.2, 0.25) is 0 Å². The van der Waals surface area contributed by atoms with Gasteiger partial charge >= 0.3 is 0 Å². The molecular weight excluding hydrogens is 260 g/mol. The standard InChI is InChI=1S/C18H20N2O/c21-18(13-20-10-8-15(18)9-11-20)16-6-7-17(19-12-16)14-4-2-1-3-5-14/h1-7,12,15,21H,8-11,13H2. The van der Waals surface area contributed by atoms with Gasteiger partial charge in [-0.25, -0.2) is 0 Å². The zero-order chi connectivity index (χ0) is 14.3. The molecule has 1 aromatic heterocycles. The first-order valence-corrected chi connectivity index (χ1v) is 7.72. The highest BCUT2D eigenvalue weighted by Gasteiger charge is 2.46. The van der Waals surface area contributed by atoms with E-state index in [-0.39, 0.29) is 0 Å². The minimum atomic E-state index is -0.710. The summed E-state index contributed by atoms with van der Waals surface area (Å²) in [6.07, 6.45) is 4.05. The molecule has 0 amide bonds. The molecule has 3 aliphatic heterocycles. The molecule has 4 heterocycles. The van der Waals surface area contributed by atoms with Crippen LogP contribution in [0.5, 0.6) is 0 Å². The Kier molecular flexibility index (Phi) is 3.05. The fourth-order valence-corrected chi connectivity index (χ4v) is 3.80. The number of pyridine rings is 1. The number of aliphatic hydroxyl groups is 1. The average molecular weight is 280 g/mol. The number of piperidine rings is 3. The Balaban J connectivity index is 1.65. The molecule has 21 heavy (non-hydrogen) atoms. The van der Waals surface area contributed by atoms with E-state index < -0.39 is 5.60 Å². The normalized spacial score (nSPS) is 31.3. The molecule has 3 saturated heterocycles. The number of hydrogen-bond donors (Lipinski definition) is 1. The van der Waals surface area contributed by atoms with Crippen molar-refractivity contribution in [2.75, 3.05) is 19.6 Å². The van der Waals surface area contributed by atoms with Crippen molar-refractivity contribution in [1.82, 2.24) is 9.88 Å². The summed E-state index contributed by atoms with van der Waals surface area (Å²) in [5.74, 6) is 0.381. The molecule has 1 aromatic carbocycles. The summed E-state index contributed by atoms with van der Waals surface area (Å²) in [4.78, 5) is 6.94. The number of aromatic nitrogens is 1. The first-order valence-electron chi connectivity index (χ1n) is 7.72. The van der Waals surface area contributed by atoms with E-state index in [2.05, 4.69) is 28.1 Å². The monoisotopic (exact) mass is 280 g/mol. The first kappa shape index (κ1) is 13.0. The van der Waals surface area contributed by atoms with Gasteiger partial charge in [-0.3, -0.25) is 4.98 Å². The molecule has 3 fully saturated rings. The van der Waals surface area contributed by atoms with E-state index in [1.54, 1.807) is 0 Å². The number of rotatable bonds is 2. The van der Waals surface area contributed by atoms with E-state index >= 15 is 0 Å². The number of hydrogen-bond acceptors (Lipinski definition) is 3. The molecule has 3 aliphatic rings. The average Bonchev–Trinajstić information content (AvgIpc) is 2.57. The van der Waals surface area contributed by atoms with E-state index in [0.29, 0.717) is 5.92 Å². The molecule has 2 bridgehead atoms. The molecule has 0 aliphatic carbocycles. The molecule has 2 aromatic rings. The Bertz CT molecular complexity index is 617. The largest absolute Gasteiger partial charge is 0.383 e. The quantitative estimate of drug-likeness (QED) is 0.919. The van der Waals surface area contributed by atoms with Crippen LogP contribution in [-0.4, -0.2) is 34.6 Å². The van der Waals surface area contributed by atoms with Crippen LogP contribution >= 0.6 is 0 Å². The highest BCUT2D eigenvalue weighted by molar-refractivity contribution is 5.58. The van der Waals surface area contributed by atoms with Gasteiger partial charge in [-0.2, -0.15) is 0 Å². The van der Waals surface area contributed by atoms with Crippen molar-refractivity contribution in [3.63, 3.8) is 0 Å². The Labute approximate surface area is 125 Å². The lowest BCUT2D eigenvalue weighted by atomic mass is 9.72. The van der Waals surface area contributed by atoms with Crippen LogP contribution in [0.25, 0.3) is 11.3 Å². The Morgan fingerprint density at radius 1 is 1.05 bits per heavy atom. The summed E-state index contributed by atoms with van der Waals surface area (Å²) in [7, 11) is 0. The van der Waals surface area contributed by atoms with Crippen molar-refractivity contribution in [1.29, 1.82) is 0 Å². The third-order valence-electron chi connectivity index (χ3n) is 5.06. The molecule has 0 saturated carbocycles. The summed E-state index contributed by atoms with van der Waals surface area (Å²) >= 11 is 0. The van der Waals surface area contributed by atoms with Crippen molar-refractivity contribution in [2.24, 2.45) is 5.92 Å². The second-order valence-electron chi connectivity index (χ2n) is 6.27. The molecule has 3 nitrogen and oxygen atoms in total. The van der Waals surface area contributed by atoms with Gasteiger partial charge in [-0.1, -0.05) is 36.4 Å².